The van der Waals surface area contributed by atoms with Gasteiger partial charge in [-0.3, -0.25) is 4.98 Å². The lowest BCUT2D eigenvalue weighted by atomic mass is 10.3. The summed E-state index contributed by atoms with van der Waals surface area (Å²) in [5.41, 5.74) is 1.74. The van der Waals surface area contributed by atoms with Crippen LogP contribution >= 0.6 is 22.6 Å². The van der Waals surface area contributed by atoms with Crippen molar-refractivity contribution in [2.75, 3.05) is 0 Å². The summed E-state index contributed by atoms with van der Waals surface area (Å²) in [4.78, 5) is 12.5. The second-order valence-corrected chi connectivity index (χ2v) is 3.39. The van der Waals surface area contributed by atoms with Gasteiger partial charge in [0.15, 0.2) is 3.83 Å². The molecular weight excluding hydrogens is 277 g/mol. The smallest absolute Gasteiger partial charge is 0.191 e. The zero-order valence-electron chi connectivity index (χ0n) is 6.68. The van der Waals surface area contributed by atoms with Crippen molar-refractivity contribution in [1.82, 2.24) is 15.0 Å². The predicted molar refractivity (Wildman–Crippen MR) is 58.0 cm³/mol. The number of halogens is 1. The standard InChI is InChI=1S/C9H6IN3/c10-9-12-6-4-8(13-9)7-3-1-2-5-11-7/h1-6H. The first-order valence-corrected chi connectivity index (χ1v) is 4.84. The van der Waals surface area contributed by atoms with Crippen molar-refractivity contribution in [3.05, 3.63) is 40.5 Å². The maximum atomic E-state index is 4.26. The minimum Gasteiger partial charge on any atom is -0.255 e. The van der Waals surface area contributed by atoms with Gasteiger partial charge in [0, 0.05) is 35.0 Å². The number of aromatic nitrogens is 3. The first-order chi connectivity index (χ1) is 6.36. The molecule has 0 saturated carbocycles. The average molecular weight is 283 g/mol. The molecule has 2 rings (SSSR count). The van der Waals surface area contributed by atoms with Crippen LogP contribution in [0.25, 0.3) is 11.4 Å². The van der Waals surface area contributed by atoms with Crippen molar-refractivity contribution in [1.29, 1.82) is 0 Å². The Balaban J connectivity index is 2.48. The van der Waals surface area contributed by atoms with Gasteiger partial charge < -0.3 is 0 Å². The van der Waals surface area contributed by atoms with Crippen molar-refractivity contribution in [3.8, 4) is 11.4 Å². The molecule has 2 aromatic heterocycles. The molecule has 0 amide bonds. The van der Waals surface area contributed by atoms with Crippen LogP contribution in [-0.2, 0) is 0 Å². The molecule has 2 aromatic rings. The van der Waals surface area contributed by atoms with Gasteiger partial charge in [-0.1, -0.05) is 6.07 Å². The largest absolute Gasteiger partial charge is 0.255 e. The molecule has 0 aromatic carbocycles. The van der Waals surface area contributed by atoms with Crippen molar-refractivity contribution >= 4 is 22.6 Å². The van der Waals surface area contributed by atoms with Crippen LogP contribution in [0.5, 0.6) is 0 Å². The maximum absolute atomic E-state index is 4.26. The summed E-state index contributed by atoms with van der Waals surface area (Å²) in [6.07, 6.45) is 3.49. The van der Waals surface area contributed by atoms with Crippen LogP contribution in [0.15, 0.2) is 36.7 Å². The van der Waals surface area contributed by atoms with Gasteiger partial charge in [-0.15, -0.1) is 0 Å². The fourth-order valence-corrected chi connectivity index (χ4v) is 1.41. The second-order valence-electron chi connectivity index (χ2n) is 2.43. The lowest BCUT2D eigenvalue weighted by Crippen LogP contribution is -1.90. The Morgan fingerprint density at radius 1 is 0.923 bits per heavy atom. The van der Waals surface area contributed by atoms with Gasteiger partial charge >= 0.3 is 0 Å². The fourth-order valence-electron chi connectivity index (χ4n) is 0.992. The van der Waals surface area contributed by atoms with E-state index in [1.54, 1.807) is 12.4 Å². The number of rotatable bonds is 1. The van der Waals surface area contributed by atoms with Crippen LogP contribution in [0.3, 0.4) is 0 Å². The van der Waals surface area contributed by atoms with Crippen LogP contribution in [-0.4, -0.2) is 15.0 Å². The molecule has 0 radical (unpaired) electrons. The van der Waals surface area contributed by atoms with E-state index in [2.05, 4.69) is 37.5 Å². The summed E-state index contributed by atoms with van der Waals surface area (Å²) in [6, 6.07) is 7.61. The van der Waals surface area contributed by atoms with Gasteiger partial charge in [0.2, 0.25) is 0 Å². The molecule has 0 N–H and O–H groups in total. The Morgan fingerprint density at radius 3 is 2.54 bits per heavy atom. The minimum atomic E-state index is 0.737. The molecule has 0 atom stereocenters. The lowest BCUT2D eigenvalue weighted by molar-refractivity contribution is 1.10. The van der Waals surface area contributed by atoms with Crippen LogP contribution in [0.2, 0.25) is 0 Å². The zero-order chi connectivity index (χ0) is 9.10. The monoisotopic (exact) mass is 283 g/mol. The van der Waals surface area contributed by atoms with E-state index in [9.17, 15) is 0 Å². The Bertz CT molecular complexity index is 403. The van der Waals surface area contributed by atoms with Gasteiger partial charge in [0.1, 0.15) is 0 Å². The van der Waals surface area contributed by atoms with Gasteiger partial charge in [-0.05, 0) is 18.2 Å². The highest BCUT2D eigenvalue weighted by molar-refractivity contribution is 14.1. The number of hydrogen-bond donors (Lipinski definition) is 0. The molecule has 4 heteroatoms. The van der Waals surface area contributed by atoms with Crippen LogP contribution < -0.4 is 0 Å². The maximum Gasteiger partial charge on any atom is 0.191 e. The summed E-state index contributed by atoms with van der Waals surface area (Å²) in [5, 5.41) is 0. The van der Waals surface area contributed by atoms with E-state index in [4.69, 9.17) is 0 Å². The van der Waals surface area contributed by atoms with E-state index in [1.807, 2.05) is 24.3 Å². The highest BCUT2D eigenvalue weighted by atomic mass is 127. The van der Waals surface area contributed by atoms with Crippen molar-refractivity contribution in [2.45, 2.75) is 0 Å². The SMILES string of the molecule is Ic1nccc(-c2ccccn2)n1. The molecule has 0 saturated heterocycles. The molecular formula is C9H6IN3. The third-order valence-corrected chi connectivity index (χ3v) is 2.07. The number of nitrogens with zero attached hydrogens (tertiary/aromatic N) is 3. The molecule has 64 valence electrons. The van der Waals surface area contributed by atoms with Gasteiger partial charge in [0.05, 0.1) is 11.4 Å². The molecule has 0 aliphatic rings. The number of hydrogen-bond acceptors (Lipinski definition) is 3. The predicted octanol–water partition coefficient (Wildman–Crippen LogP) is 2.14. The highest BCUT2D eigenvalue weighted by Gasteiger charge is 1.99. The van der Waals surface area contributed by atoms with Crippen LogP contribution in [0.1, 0.15) is 0 Å². The van der Waals surface area contributed by atoms with E-state index < -0.39 is 0 Å². The molecule has 3 nitrogen and oxygen atoms in total. The Labute approximate surface area is 89.4 Å². The molecule has 0 aliphatic carbocycles. The molecule has 0 aliphatic heterocycles. The first-order valence-electron chi connectivity index (χ1n) is 3.76. The summed E-state index contributed by atoms with van der Waals surface area (Å²) in [5.74, 6) is 0. The molecule has 2 heterocycles. The third-order valence-electron chi connectivity index (χ3n) is 1.55. The average Bonchev–Trinajstić information content (AvgIpc) is 2.19. The van der Waals surface area contributed by atoms with Crippen molar-refractivity contribution < 1.29 is 0 Å². The fraction of sp³-hybridized carbons (Fsp3) is 0. The molecule has 0 spiro atoms. The molecule has 0 unspecified atom stereocenters. The van der Waals surface area contributed by atoms with E-state index in [-0.39, 0.29) is 0 Å². The second kappa shape index (κ2) is 3.78. The summed E-state index contributed by atoms with van der Waals surface area (Å²) < 4.78 is 0.737. The van der Waals surface area contributed by atoms with Crippen molar-refractivity contribution in [2.24, 2.45) is 0 Å². The van der Waals surface area contributed by atoms with Gasteiger partial charge in [-0.2, -0.15) is 0 Å². The molecule has 0 bridgehead atoms. The minimum absolute atomic E-state index is 0.737. The Hall–Kier alpha value is -1.04. The van der Waals surface area contributed by atoms with Crippen LogP contribution in [0, 0.1) is 3.83 Å². The Morgan fingerprint density at radius 2 is 1.85 bits per heavy atom. The van der Waals surface area contributed by atoms with Gasteiger partial charge in [0.25, 0.3) is 0 Å². The number of pyridine rings is 1. The van der Waals surface area contributed by atoms with E-state index in [1.165, 1.54) is 0 Å². The van der Waals surface area contributed by atoms with E-state index in [0.29, 0.717) is 0 Å². The topological polar surface area (TPSA) is 38.7 Å². The van der Waals surface area contributed by atoms with E-state index in [0.717, 1.165) is 15.2 Å². The zero-order valence-corrected chi connectivity index (χ0v) is 8.84. The summed E-state index contributed by atoms with van der Waals surface area (Å²) in [6.45, 7) is 0. The normalized spacial score (nSPS) is 9.92. The quantitative estimate of drug-likeness (QED) is 0.594. The summed E-state index contributed by atoms with van der Waals surface area (Å²) in [7, 11) is 0. The van der Waals surface area contributed by atoms with Gasteiger partial charge in [-0.25, -0.2) is 9.97 Å². The van der Waals surface area contributed by atoms with E-state index >= 15 is 0 Å². The lowest BCUT2D eigenvalue weighted by Gasteiger charge is -1.97. The summed E-state index contributed by atoms with van der Waals surface area (Å²) >= 11 is 2.08. The third kappa shape index (κ3) is 2.00. The molecule has 0 fully saturated rings. The first kappa shape index (κ1) is 8.55. The Kier molecular flexibility index (Phi) is 2.49. The highest BCUT2D eigenvalue weighted by Crippen LogP contribution is 2.12. The van der Waals surface area contributed by atoms with Crippen LogP contribution in [0.4, 0.5) is 0 Å². The van der Waals surface area contributed by atoms with Crippen molar-refractivity contribution in [3.63, 3.8) is 0 Å². The molecule has 13 heavy (non-hydrogen) atoms.